The minimum absolute atomic E-state index is 0.361. The fourth-order valence-electron chi connectivity index (χ4n) is 2.69. The predicted octanol–water partition coefficient (Wildman–Crippen LogP) is 4.07. The molecule has 0 aliphatic heterocycles. The maximum absolute atomic E-state index is 5.97. The van der Waals surface area contributed by atoms with Crippen molar-refractivity contribution in [1.82, 2.24) is 0 Å². The number of ether oxygens (including phenoxy) is 1. The molecule has 2 heteroatoms. The van der Waals surface area contributed by atoms with E-state index in [-0.39, 0.29) is 0 Å². The molecule has 0 aliphatic carbocycles. The van der Waals surface area contributed by atoms with E-state index in [0.29, 0.717) is 19.1 Å². The lowest BCUT2D eigenvalue weighted by molar-refractivity contribution is 0.295. The van der Waals surface area contributed by atoms with Crippen molar-refractivity contribution in [3.63, 3.8) is 0 Å². The quantitative estimate of drug-likeness (QED) is 0.831. The van der Waals surface area contributed by atoms with Gasteiger partial charge in [0.2, 0.25) is 0 Å². The van der Waals surface area contributed by atoms with E-state index in [0.717, 1.165) is 18.6 Å². The molecule has 0 heterocycles. The van der Waals surface area contributed by atoms with Crippen molar-refractivity contribution in [2.24, 2.45) is 5.73 Å². The van der Waals surface area contributed by atoms with Gasteiger partial charge < -0.3 is 10.5 Å². The highest BCUT2D eigenvalue weighted by Gasteiger charge is 2.12. The lowest BCUT2D eigenvalue weighted by Gasteiger charge is -2.18. The highest BCUT2D eigenvalue weighted by atomic mass is 16.5. The molecule has 0 radical (unpaired) electrons. The van der Waals surface area contributed by atoms with Crippen molar-refractivity contribution in [1.29, 1.82) is 0 Å². The Morgan fingerprint density at radius 3 is 2.48 bits per heavy atom. The van der Waals surface area contributed by atoms with Gasteiger partial charge in [0.15, 0.2) is 0 Å². The Labute approximate surface area is 127 Å². The third kappa shape index (κ3) is 4.08. The van der Waals surface area contributed by atoms with Crippen LogP contribution in [0.5, 0.6) is 5.75 Å². The van der Waals surface area contributed by atoms with Gasteiger partial charge in [-0.2, -0.15) is 0 Å². The van der Waals surface area contributed by atoms with Crippen LogP contribution in [0.15, 0.2) is 48.5 Å². The normalized spacial score (nSPS) is 12.1. The molecular formula is C19H25NO. The van der Waals surface area contributed by atoms with Gasteiger partial charge in [0.25, 0.3) is 0 Å². The minimum Gasteiger partial charge on any atom is -0.493 e. The van der Waals surface area contributed by atoms with Crippen LogP contribution >= 0.6 is 0 Å². The third-order valence-corrected chi connectivity index (χ3v) is 3.99. The highest BCUT2D eigenvalue weighted by molar-refractivity contribution is 5.33. The predicted molar refractivity (Wildman–Crippen MR) is 88.9 cm³/mol. The van der Waals surface area contributed by atoms with Gasteiger partial charge in [-0.05, 0) is 55.0 Å². The molecule has 1 unspecified atom stereocenters. The fraction of sp³-hybridized carbons (Fsp3) is 0.368. The zero-order chi connectivity index (χ0) is 15.1. The number of rotatable bonds is 7. The second-order valence-electron chi connectivity index (χ2n) is 5.39. The molecule has 2 nitrogen and oxygen atoms in total. The Bertz CT molecular complexity index is 565. The van der Waals surface area contributed by atoms with Crippen LogP contribution in [0.3, 0.4) is 0 Å². The van der Waals surface area contributed by atoms with Crippen molar-refractivity contribution in [2.45, 2.75) is 32.6 Å². The SMILES string of the molecule is CCc1ccccc1OCCC(CN)c1ccccc1C. The van der Waals surface area contributed by atoms with Gasteiger partial charge in [-0.3, -0.25) is 0 Å². The largest absolute Gasteiger partial charge is 0.493 e. The maximum Gasteiger partial charge on any atom is 0.122 e. The van der Waals surface area contributed by atoms with Crippen molar-refractivity contribution >= 4 is 0 Å². The van der Waals surface area contributed by atoms with Crippen LogP contribution in [0.2, 0.25) is 0 Å². The Kier molecular flexibility index (Phi) is 5.82. The number of hydrogen-bond acceptors (Lipinski definition) is 2. The summed E-state index contributed by atoms with van der Waals surface area (Å²) in [6.07, 6.45) is 1.94. The van der Waals surface area contributed by atoms with Crippen LogP contribution in [0.1, 0.15) is 36.0 Å². The van der Waals surface area contributed by atoms with Crippen molar-refractivity contribution < 1.29 is 4.74 Å². The first-order valence-corrected chi connectivity index (χ1v) is 7.72. The van der Waals surface area contributed by atoms with E-state index in [2.05, 4.69) is 50.2 Å². The van der Waals surface area contributed by atoms with E-state index in [1.165, 1.54) is 16.7 Å². The summed E-state index contributed by atoms with van der Waals surface area (Å²) < 4.78 is 5.97. The van der Waals surface area contributed by atoms with Crippen LogP contribution in [0, 0.1) is 6.92 Å². The molecule has 0 amide bonds. The van der Waals surface area contributed by atoms with Gasteiger partial charge >= 0.3 is 0 Å². The number of para-hydroxylation sites is 1. The van der Waals surface area contributed by atoms with E-state index in [1.807, 2.05) is 12.1 Å². The molecule has 0 bridgehead atoms. The summed E-state index contributed by atoms with van der Waals surface area (Å²) in [5, 5.41) is 0. The summed E-state index contributed by atoms with van der Waals surface area (Å²) in [5.41, 5.74) is 9.86. The Hall–Kier alpha value is -1.80. The van der Waals surface area contributed by atoms with Crippen LogP contribution in [0.4, 0.5) is 0 Å². The lowest BCUT2D eigenvalue weighted by atomic mass is 9.92. The Balaban J connectivity index is 1.97. The second-order valence-corrected chi connectivity index (χ2v) is 5.39. The van der Waals surface area contributed by atoms with Crippen molar-refractivity contribution in [3.05, 3.63) is 65.2 Å². The van der Waals surface area contributed by atoms with E-state index >= 15 is 0 Å². The monoisotopic (exact) mass is 283 g/mol. The summed E-state index contributed by atoms with van der Waals surface area (Å²) >= 11 is 0. The van der Waals surface area contributed by atoms with Crippen molar-refractivity contribution in [2.75, 3.05) is 13.2 Å². The van der Waals surface area contributed by atoms with Crippen molar-refractivity contribution in [3.8, 4) is 5.75 Å². The van der Waals surface area contributed by atoms with E-state index < -0.39 is 0 Å². The average molecular weight is 283 g/mol. The molecule has 2 aromatic carbocycles. The van der Waals surface area contributed by atoms with Gasteiger partial charge in [0, 0.05) is 0 Å². The highest BCUT2D eigenvalue weighted by Crippen LogP contribution is 2.24. The number of nitrogens with two attached hydrogens (primary N) is 1. The Morgan fingerprint density at radius 2 is 1.76 bits per heavy atom. The lowest BCUT2D eigenvalue weighted by Crippen LogP contribution is -2.16. The Morgan fingerprint density at radius 1 is 1.05 bits per heavy atom. The van der Waals surface area contributed by atoms with Gasteiger partial charge in [0.05, 0.1) is 6.61 Å². The zero-order valence-electron chi connectivity index (χ0n) is 13.0. The average Bonchev–Trinajstić information content (AvgIpc) is 2.53. The van der Waals surface area contributed by atoms with Gasteiger partial charge in [-0.15, -0.1) is 0 Å². The van der Waals surface area contributed by atoms with Crippen LogP contribution in [-0.4, -0.2) is 13.2 Å². The molecule has 0 fully saturated rings. The van der Waals surface area contributed by atoms with Crippen LogP contribution in [0.25, 0.3) is 0 Å². The molecule has 2 N–H and O–H groups in total. The van der Waals surface area contributed by atoms with Gasteiger partial charge in [0.1, 0.15) is 5.75 Å². The zero-order valence-corrected chi connectivity index (χ0v) is 13.0. The van der Waals surface area contributed by atoms with Gasteiger partial charge in [-0.25, -0.2) is 0 Å². The van der Waals surface area contributed by atoms with E-state index in [1.54, 1.807) is 0 Å². The minimum atomic E-state index is 0.361. The summed E-state index contributed by atoms with van der Waals surface area (Å²) in [7, 11) is 0. The molecular weight excluding hydrogens is 258 g/mol. The van der Waals surface area contributed by atoms with E-state index in [9.17, 15) is 0 Å². The second kappa shape index (κ2) is 7.84. The van der Waals surface area contributed by atoms with Gasteiger partial charge in [-0.1, -0.05) is 49.4 Å². The molecule has 2 aromatic rings. The summed E-state index contributed by atoms with van der Waals surface area (Å²) in [6, 6.07) is 16.7. The smallest absolute Gasteiger partial charge is 0.122 e. The first-order chi connectivity index (χ1) is 10.3. The number of aryl methyl sites for hydroxylation is 2. The molecule has 2 rings (SSSR count). The first-order valence-electron chi connectivity index (χ1n) is 7.72. The third-order valence-electron chi connectivity index (χ3n) is 3.99. The molecule has 0 saturated carbocycles. The molecule has 1 atom stereocenters. The summed E-state index contributed by atoms with van der Waals surface area (Å²) in [4.78, 5) is 0. The van der Waals surface area contributed by atoms with Crippen LogP contribution < -0.4 is 10.5 Å². The summed E-state index contributed by atoms with van der Waals surface area (Å²) in [6.45, 7) is 5.65. The first kappa shape index (κ1) is 15.6. The molecule has 112 valence electrons. The fourth-order valence-corrected chi connectivity index (χ4v) is 2.69. The topological polar surface area (TPSA) is 35.2 Å². The molecule has 21 heavy (non-hydrogen) atoms. The number of benzene rings is 2. The van der Waals surface area contributed by atoms with Crippen LogP contribution in [-0.2, 0) is 6.42 Å². The van der Waals surface area contributed by atoms with E-state index in [4.69, 9.17) is 10.5 Å². The maximum atomic E-state index is 5.97. The summed E-state index contributed by atoms with van der Waals surface area (Å²) in [5.74, 6) is 1.36. The molecule has 0 aliphatic rings. The molecule has 0 aromatic heterocycles. The number of hydrogen-bond donors (Lipinski definition) is 1. The molecule has 0 spiro atoms. The molecule has 0 saturated heterocycles. The standard InChI is InChI=1S/C19H25NO/c1-3-16-9-5-7-11-19(16)21-13-12-17(14-20)18-10-6-4-8-15(18)2/h4-11,17H,3,12-14,20H2,1-2H3.